The van der Waals surface area contributed by atoms with Gasteiger partial charge in [0.2, 0.25) is 0 Å². The lowest BCUT2D eigenvalue weighted by Crippen LogP contribution is -2.33. The van der Waals surface area contributed by atoms with Crippen molar-refractivity contribution >= 4 is 17.7 Å². The van der Waals surface area contributed by atoms with Gasteiger partial charge >= 0.3 is 11.9 Å². The molecule has 0 aromatic carbocycles. The number of rotatable bonds is 4. The summed E-state index contributed by atoms with van der Waals surface area (Å²) in [5, 5.41) is 8.66. The van der Waals surface area contributed by atoms with Crippen LogP contribution in [0.25, 0.3) is 0 Å². The number of carboxylic acid groups (broad SMARTS) is 1. The van der Waals surface area contributed by atoms with Crippen molar-refractivity contribution in [3.05, 3.63) is 0 Å². The first kappa shape index (κ1) is 9.70. The van der Waals surface area contributed by atoms with Crippen LogP contribution in [0.4, 0.5) is 0 Å². The molecule has 1 saturated carbocycles. The monoisotopic (exact) mass is 186 g/mol. The Kier molecular flexibility index (Phi) is 2.36. The summed E-state index contributed by atoms with van der Waals surface area (Å²) in [7, 11) is 0. The van der Waals surface area contributed by atoms with E-state index in [1.54, 1.807) is 6.92 Å². The van der Waals surface area contributed by atoms with Crippen molar-refractivity contribution in [2.75, 3.05) is 6.61 Å². The second kappa shape index (κ2) is 3.16. The fourth-order valence-electron chi connectivity index (χ4n) is 1.06. The lowest BCUT2D eigenvalue weighted by molar-refractivity contribution is -0.161. The Bertz CT molecular complexity index is 264. The van der Waals surface area contributed by atoms with Crippen molar-refractivity contribution in [3.8, 4) is 0 Å². The molecule has 0 atom stereocenters. The minimum Gasteiger partial charge on any atom is -0.480 e. The van der Waals surface area contributed by atoms with Crippen molar-refractivity contribution in [2.45, 2.75) is 19.8 Å². The van der Waals surface area contributed by atoms with E-state index < -0.39 is 23.1 Å². The average Bonchev–Trinajstić information content (AvgIpc) is 2.83. The Morgan fingerprint density at radius 1 is 1.38 bits per heavy atom. The Labute approximate surface area is 74.7 Å². The number of esters is 1. The number of hydrogen-bond acceptors (Lipinski definition) is 4. The molecule has 0 bridgehead atoms. The molecule has 5 nitrogen and oxygen atoms in total. The summed E-state index contributed by atoms with van der Waals surface area (Å²) in [6, 6.07) is 0. The lowest BCUT2D eigenvalue weighted by Gasteiger charge is -2.06. The SMILES string of the molecule is CCOC(=O)C(=O)C1(C(=O)O)CC1. The minimum absolute atomic E-state index is 0.0836. The quantitative estimate of drug-likeness (QED) is 0.379. The van der Waals surface area contributed by atoms with Crippen LogP contribution in [0.3, 0.4) is 0 Å². The minimum atomic E-state index is -1.47. The second-order valence-electron chi connectivity index (χ2n) is 2.94. The summed E-state index contributed by atoms with van der Waals surface area (Å²) in [5.41, 5.74) is -1.47. The van der Waals surface area contributed by atoms with E-state index >= 15 is 0 Å². The van der Waals surface area contributed by atoms with E-state index in [1.165, 1.54) is 0 Å². The first-order valence-electron chi connectivity index (χ1n) is 3.99. The highest BCUT2D eigenvalue weighted by molar-refractivity contribution is 6.40. The third kappa shape index (κ3) is 1.54. The number of ether oxygens (including phenoxy) is 1. The van der Waals surface area contributed by atoms with E-state index in [0.29, 0.717) is 0 Å². The number of carbonyl (C=O) groups excluding carboxylic acids is 2. The molecule has 0 spiro atoms. The van der Waals surface area contributed by atoms with Gasteiger partial charge in [0.25, 0.3) is 5.78 Å². The van der Waals surface area contributed by atoms with Crippen LogP contribution in [0, 0.1) is 5.41 Å². The standard InChI is InChI=1S/C8H10O5/c1-2-13-6(10)5(9)8(3-4-8)7(11)12/h2-4H2,1H3,(H,11,12). The highest BCUT2D eigenvalue weighted by Gasteiger charge is 2.59. The van der Waals surface area contributed by atoms with Gasteiger partial charge in [-0.15, -0.1) is 0 Å². The molecule has 1 fully saturated rings. The fourth-order valence-corrected chi connectivity index (χ4v) is 1.06. The molecular formula is C8H10O5. The largest absolute Gasteiger partial charge is 0.480 e. The van der Waals surface area contributed by atoms with Crippen LogP contribution in [-0.4, -0.2) is 29.4 Å². The van der Waals surface area contributed by atoms with Gasteiger partial charge in [-0.25, -0.2) is 4.79 Å². The van der Waals surface area contributed by atoms with Crippen LogP contribution in [0.2, 0.25) is 0 Å². The molecular weight excluding hydrogens is 176 g/mol. The van der Waals surface area contributed by atoms with Crippen molar-refractivity contribution in [1.29, 1.82) is 0 Å². The smallest absolute Gasteiger partial charge is 0.375 e. The van der Waals surface area contributed by atoms with Crippen LogP contribution >= 0.6 is 0 Å². The van der Waals surface area contributed by atoms with Gasteiger partial charge in [0, 0.05) is 0 Å². The predicted molar refractivity (Wildman–Crippen MR) is 40.9 cm³/mol. The average molecular weight is 186 g/mol. The van der Waals surface area contributed by atoms with Crippen molar-refractivity contribution in [3.63, 3.8) is 0 Å². The first-order chi connectivity index (χ1) is 6.04. The highest BCUT2D eigenvalue weighted by Crippen LogP contribution is 2.46. The molecule has 1 aliphatic rings. The summed E-state index contributed by atoms with van der Waals surface area (Å²) in [6.45, 7) is 1.64. The molecule has 0 saturated heterocycles. The maximum Gasteiger partial charge on any atom is 0.375 e. The molecule has 13 heavy (non-hydrogen) atoms. The molecule has 0 aromatic rings. The Morgan fingerprint density at radius 2 is 1.92 bits per heavy atom. The molecule has 1 aliphatic carbocycles. The van der Waals surface area contributed by atoms with Gasteiger partial charge in [-0.1, -0.05) is 0 Å². The molecule has 5 heteroatoms. The summed E-state index contributed by atoms with van der Waals surface area (Å²) in [6.07, 6.45) is 0.472. The predicted octanol–water partition coefficient (Wildman–Crippen LogP) is -0.0166. The van der Waals surface area contributed by atoms with E-state index in [0.717, 1.165) is 0 Å². The van der Waals surface area contributed by atoms with Crippen molar-refractivity contribution in [1.82, 2.24) is 0 Å². The van der Waals surface area contributed by atoms with Crippen LogP contribution in [-0.2, 0) is 19.1 Å². The molecule has 0 aliphatic heterocycles. The van der Waals surface area contributed by atoms with E-state index in [1.807, 2.05) is 0 Å². The topological polar surface area (TPSA) is 80.7 Å². The van der Waals surface area contributed by atoms with Gasteiger partial charge in [-0.3, -0.25) is 9.59 Å². The van der Waals surface area contributed by atoms with Gasteiger partial charge in [0.1, 0.15) is 5.41 Å². The first-order valence-corrected chi connectivity index (χ1v) is 3.99. The zero-order chi connectivity index (χ0) is 10.1. The zero-order valence-corrected chi connectivity index (χ0v) is 7.20. The van der Waals surface area contributed by atoms with E-state index in [2.05, 4.69) is 4.74 Å². The third-order valence-electron chi connectivity index (χ3n) is 2.05. The number of Topliss-reactive ketones (excluding diaryl/α,β-unsaturated/α-hetero) is 1. The number of aliphatic carboxylic acids is 1. The molecule has 0 aromatic heterocycles. The van der Waals surface area contributed by atoms with E-state index in [9.17, 15) is 14.4 Å². The summed E-state index contributed by atoms with van der Waals surface area (Å²) in [4.78, 5) is 32.7. The van der Waals surface area contributed by atoms with Gasteiger partial charge in [-0.2, -0.15) is 0 Å². The van der Waals surface area contributed by atoms with Crippen LogP contribution in [0.15, 0.2) is 0 Å². The molecule has 0 radical (unpaired) electrons. The normalized spacial score (nSPS) is 17.6. The van der Waals surface area contributed by atoms with Crippen molar-refractivity contribution in [2.24, 2.45) is 5.41 Å². The second-order valence-corrected chi connectivity index (χ2v) is 2.94. The van der Waals surface area contributed by atoms with Crippen molar-refractivity contribution < 1.29 is 24.2 Å². The summed E-state index contributed by atoms with van der Waals surface area (Å²) in [5.74, 6) is -3.20. The maximum absolute atomic E-state index is 11.2. The fraction of sp³-hybridized carbons (Fsp3) is 0.625. The Balaban J connectivity index is 2.68. The van der Waals surface area contributed by atoms with Crippen LogP contribution < -0.4 is 0 Å². The van der Waals surface area contributed by atoms with E-state index in [4.69, 9.17) is 5.11 Å². The third-order valence-corrected chi connectivity index (χ3v) is 2.05. The van der Waals surface area contributed by atoms with Crippen LogP contribution in [0.5, 0.6) is 0 Å². The number of carboxylic acids is 1. The van der Waals surface area contributed by atoms with Gasteiger partial charge in [0.15, 0.2) is 0 Å². The molecule has 0 amide bonds. The molecule has 72 valence electrons. The number of ketones is 1. The molecule has 0 heterocycles. The van der Waals surface area contributed by atoms with Gasteiger partial charge < -0.3 is 9.84 Å². The summed E-state index contributed by atoms with van der Waals surface area (Å²) >= 11 is 0. The van der Waals surface area contributed by atoms with Gasteiger partial charge in [0.05, 0.1) is 6.61 Å². The molecule has 0 unspecified atom stereocenters. The lowest BCUT2D eigenvalue weighted by atomic mass is 10.0. The zero-order valence-electron chi connectivity index (χ0n) is 7.20. The summed E-state index contributed by atoms with van der Waals surface area (Å²) < 4.78 is 4.43. The Morgan fingerprint density at radius 3 is 2.23 bits per heavy atom. The Hall–Kier alpha value is -1.39. The van der Waals surface area contributed by atoms with Gasteiger partial charge in [-0.05, 0) is 19.8 Å². The number of hydrogen-bond donors (Lipinski definition) is 1. The molecule has 1 rings (SSSR count). The maximum atomic E-state index is 11.2. The van der Waals surface area contributed by atoms with E-state index in [-0.39, 0.29) is 19.4 Å². The highest BCUT2D eigenvalue weighted by atomic mass is 16.5. The number of carbonyl (C=O) groups is 3. The molecule has 1 N–H and O–H groups in total. The van der Waals surface area contributed by atoms with Crippen LogP contribution in [0.1, 0.15) is 19.8 Å².